The number of anilines is 1. The van der Waals surface area contributed by atoms with Crippen LogP contribution in [0.2, 0.25) is 0 Å². The van der Waals surface area contributed by atoms with Crippen molar-refractivity contribution in [2.75, 3.05) is 25.5 Å². The highest BCUT2D eigenvalue weighted by Gasteiger charge is 2.14. The van der Waals surface area contributed by atoms with E-state index in [2.05, 4.69) is 34.2 Å². The summed E-state index contributed by atoms with van der Waals surface area (Å²) in [6, 6.07) is 0. The normalized spacial score (nSPS) is 16.4. The van der Waals surface area contributed by atoms with Crippen LogP contribution < -0.4 is 5.32 Å². The minimum atomic E-state index is 0.760. The fourth-order valence-electron chi connectivity index (χ4n) is 1.70. The summed E-state index contributed by atoms with van der Waals surface area (Å²) in [5.74, 6) is 0.760. The SMILES string of the molecule is CCNc1ncc2c(n1)CCN(C)C2. The summed E-state index contributed by atoms with van der Waals surface area (Å²) in [7, 11) is 2.13. The van der Waals surface area contributed by atoms with Crippen molar-refractivity contribution in [1.29, 1.82) is 0 Å². The Balaban J connectivity index is 2.22. The van der Waals surface area contributed by atoms with Crippen molar-refractivity contribution in [2.45, 2.75) is 19.9 Å². The molecule has 0 bridgehead atoms. The van der Waals surface area contributed by atoms with E-state index in [0.29, 0.717) is 0 Å². The van der Waals surface area contributed by atoms with E-state index in [-0.39, 0.29) is 0 Å². The van der Waals surface area contributed by atoms with Crippen molar-refractivity contribution >= 4 is 5.95 Å². The molecule has 0 amide bonds. The Hall–Kier alpha value is -1.16. The summed E-state index contributed by atoms with van der Waals surface area (Å²) in [5, 5.41) is 3.13. The van der Waals surface area contributed by atoms with E-state index in [9.17, 15) is 0 Å². The number of nitrogens with zero attached hydrogens (tertiary/aromatic N) is 3. The molecule has 4 nitrogen and oxygen atoms in total. The Morgan fingerprint density at radius 2 is 2.43 bits per heavy atom. The maximum absolute atomic E-state index is 4.49. The smallest absolute Gasteiger partial charge is 0.222 e. The zero-order valence-electron chi connectivity index (χ0n) is 8.75. The van der Waals surface area contributed by atoms with E-state index < -0.39 is 0 Å². The van der Waals surface area contributed by atoms with Gasteiger partial charge in [0.2, 0.25) is 5.95 Å². The summed E-state index contributed by atoms with van der Waals surface area (Å²) >= 11 is 0. The molecule has 0 unspecified atom stereocenters. The number of likely N-dealkylation sites (N-methyl/N-ethyl adjacent to an activating group) is 1. The monoisotopic (exact) mass is 192 g/mol. The molecule has 2 rings (SSSR count). The van der Waals surface area contributed by atoms with Gasteiger partial charge in [-0.25, -0.2) is 9.97 Å². The molecule has 0 saturated carbocycles. The van der Waals surface area contributed by atoms with Crippen LogP contribution in [0, 0.1) is 0 Å². The maximum atomic E-state index is 4.49. The first-order valence-corrected chi connectivity index (χ1v) is 5.07. The number of fused-ring (bicyclic) bond motifs is 1. The van der Waals surface area contributed by atoms with E-state index in [1.807, 2.05) is 6.20 Å². The lowest BCUT2D eigenvalue weighted by atomic mass is 10.1. The summed E-state index contributed by atoms with van der Waals surface area (Å²) in [5.41, 5.74) is 2.47. The quantitative estimate of drug-likeness (QED) is 0.755. The Bertz CT molecular complexity index is 324. The van der Waals surface area contributed by atoms with Gasteiger partial charge in [-0.15, -0.1) is 0 Å². The number of hydrogen-bond donors (Lipinski definition) is 1. The van der Waals surface area contributed by atoms with Crippen LogP contribution in [0.15, 0.2) is 6.20 Å². The number of aromatic nitrogens is 2. The lowest BCUT2D eigenvalue weighted by Crippen LogP contribution is -2.27. The molecule has 0 saturated heterocycles. The molecule has 0 aliphatic carbocycles. The summed E-state index contributed by atoms with van der Waals surface area (Å²) < 4.78 is 0. The first-order valence-electron chi connectivity index (χ1n) is 5.07. The molecule has 0 atom stereocenters. The van der Waals surface area contributed by atoms with E-state index in [4.69, 9.17) is 0 Å². The average Bonchev–Trinajstić information content (AvgIpc) is 2.19. The molecular weight excluding hydrogens is 176 g/mol. The minimum absolute atomic E-state index is 0.760. The van der Waals surface area contributed by atoms with Gasteiger partial charge in [0.1, 0.15) is 0 Å². The van der Waals surface area contributed by atoms with E-state index >= 15 is 0 Å². The molecule has 0 aromatic carbocycles. The number of rotatable bonds is 2. The molecule has 1 aromatic heterocycles. The van der Waals surface area contributed by atoms with E-state index in [0.717, 1.165) is 32.0 Å². The Kier molecular flexibility index (Phi) is 2.63. The van der Waals surface area contributed by atoms with Gasteiger partial charge < -0.3 is 10.2 Å². The number of nitrogens with one attached hydrogen (secondary N) is 1. The molecule has 1 aliphatic heterocycles. The van der Waals surface area contributed by atoms with Crippen LogP contribution in [0.5, 0.6) is 0 Å². The van der Waals surface area contributed by atoms with Gasteiger partial charge in [0.25, 0.3) is 0 Å². The van der Waals surface area contributed by atoms with E-state index in [1.54, 1.807) is 0 Å². The van der Waals surface area contributed by atoms with Crippen molar-refractivity contribution in [3.63, 3.8) is 0 Å². The molecule has 0 radical (unpaired) electrons. The zero-order chi connectivity index (χ0) is 9.97. The van der Waals surface area contributed by atoms with Crippen LogP contribution in [0.4, 0.5) is 5.95 Å². The van der Waals surface area contributed by atoms with E-state index in [1.165, 1.54) is 11.3 Å². The first kappa shape index (κ1) is 9.40. The van der Waals surface area contributed by atoms with Crippen LogP contribution in [0.3, 0.4) is 0 Å². The van der Waals surface area contributed by atoms with Gasteiger partial charge in [-0.05, 0) is 14.0 Å². The van der Waals surface area contributed by atoms with Crippen molar-refractivity contribution in [3.05, 3.63) is 17.5 Å². The second-order valence-electron chi connectivity index (χ2n) is 3.68. The Morgan fingerprint density at radius 1 is 1.57 bits per heavy atom. The van der Waals surface area contributed by atoms with Crippen molar-refractivity contribution < 1.29 is 0 Å². The third kappa shape index (κ3) is 1.85. The van der Waals surface area contributed by atoms with Crippen LogP contribution in [0.1, 0.15) is 18.2 Å². The Labute approximate surface area is 84.4 Å². The van der Waals surface area contributed by atoms with Crippen LogP contribution in [0.25, 0.3) is 0 Å². The van der Waals surface area contributed by atoms with Crippen molar-refractivity contribution in [3.8, 4) is 0 Å². The topological polar surface area (TPSA) is 41.1 Å². The third-order valence-electron chi connectivity index (χ3n) is 2.46. The molecule has 4 heteroatoms. The average molecular weight is 192 g/mol. The predicted octanol–water partition coefficient (Wildman–Crippen LogP) is 0.896. The minimum Gasteiger partial charge on any atom is -0.354 e. The van der Waals surface area contributed by atoms with Gasteiger partial charge in [0.05, 0.1) is 5.69 Å². The highest BCUT2D eigenvalue weighted by atomic mass is 15.1. The first-order chi connectivity index (χ1) is 6.79. The highest BCUT2D eigenvalue weighted by molar-refractivity contribution is 5.30. The summed E-state index contributed by atoms with van der Waals surface area (Å²) in [4.78, 5) is 11.0. The van der Waals surface area contributed by atoms with Crippen LogP contribution >= 0.6 is 0 Å². The highest BCUT2D eigenvalue weighted by Crippen LogP contribution is 2.15. The molecule has 76 valence electrons. The van der Waals surface area contributed by atoms with Crippen molar-refractivity contribution in [2.24, 2.45) is 0 Å². The molecule has 1 aliphatic rings. The molecule has 1 aromatic rings. The van der Waals surface area contributed by atoms with Crippen molar-refractivity contribution in [1.82, 2.24) is 14.9 Å². The molecule has 1 N–H and O–H groups in total. The molecule has 2 heterocycles. The summed E-state index contributed by atoms with van der Waals surface area (Å²) in [6.07, 6.45) is 2.97. The molecular formula is C10H16N4. The lowest BCUT2D eigenvalue weighted by Gasteiger charge is -2.23. The Morgan fingerprint density at radius 3 is 3.21 bits per heavy atom. The van der Waals surface area contributed by atoms with Gasteiger partial charge in [-0.2, -0.15) is 0 Å². The lowest BCUT2D eigenvalue weighted by molar-refractivity contribution is 0.309. The van der Waals surface area contributed by atoms with Gasteiger partial charge in [-0.1, -0.05) is 0 Å². The fraction of sp³-hybridized carbons (Fsp3) is 0.600. The molecule has 14 heavy (non-hydrogen) atoms. The van der Waals surface area contributed by atoms with Gasteiger partial charge in [0, 0.05) is 37.8 Å². The maximum Gasteiger partial charge on any atom is 0.222 e. The van der Waals surface area contributed by atoms with Gasteiger partial charge >= 0.3 is 0 Å². The van der Waals surface area contributed by atoms with Gasteiger partial charge in [0.15, 0.2) is 0 Å². The molecule has 0 spiro atoms. The molecule has 0 fully saturated rings. The fourth-order valence-corrected chi connectivity index (χ4v) is 1.70. The predicted molar refractivity (Wildman–Crippen MR) is 56.2 cm³/mol. The zero-order valence-corrected chi connectivity index (χ0v) is 8.75. The van der Waals surface area contributed by atoms with Gasteiger partial charge in [-0.3, -0.25) is 0 Å². The number of hydrogen-bond acceptors (Lipinski definition) is 4. The summed E-state index contributed by atoms with van der Waals surface area (Å²) in [6.45, 7) is 4.99. The standard InChI is InChI=1S/C10H16N4/c1-3-11-10-12-6-8-7-14(2)5-4-9(8)13-10/h6H,3-5,7H2,1-2H3,(H,11,12,13). The second kappa shape index (κ2) is 3.92. The second-order valence-corrected chi connectivity index (χ2v) is 3.68. The van der Waals surface area contributed by atoms with Crippen LogP contribution in [-0.2, 0) is 13.0 Å². The third-order valence-corrected chi connectivity index (χ3v) is 2.46. The largest absolute Gasteiger partial charge is 0.354 e. The van der Waals surface area contributed by atoms with Crippen LogP contribution in [-0.4, -0.2) is 35.0 Å².